The molecule has 176 valence electrons. The van der Waals surface area contributed by atoms with Gasteiger partial charge >= 0.3 is 0 Å². The third-order valence-corrected chi connectivity index (χ3v) is 7.11. The van der Waals surface area contributed by atoms with Gasteiger partial charge in [-0.3, -0.25) is 19.3 Å². The Balaban J connectivity index is 2.10. The summed E-state index contributed by atoms with van der Waals surface area (Å²) in [7, 11) is 0. The number of halogens is 1. The number of Topliss-reactive ketones (excluding diaryl/α,β-unsaturated/α-hetero) is 2. The lowest BCUT2D eigenvalue weighted by Crippen LogP contribution is -2.67. The van der Waals surface area contributed by atoms with E-state index < -0.39 is 101 Å². The summed E-state index contributed by atoms with van der Waals surface area (Å²) in [6.45, 7) is -6.00. The number of aromatic hydroxyl groups is 1. The Morgan fingerprint density at radius 1 is 1.24 bits per heavy atom. The second-order valence-electron chi connectivity index (χ2n) is 8.48. The molecule has 4 rings (SSSR count). The van der Waals surface area contributed by atoms with Gasteiger partial charge in [-0.25, -0.2) is 0 Å². The number of hydrogen-bond donors (Lipinski definition) is 6. The molecule has 1 aromatic carbocycles. The molecule has 7 N–H and O–H groups in total. The van der Waals surface area contributed by atoms with E-state index in [9.17, 15) is 39.9 Å². The van der Waals surface area contributed by atoms with Gasteiger partial charge in [0.2, 0.25) is 5.78 Å². The van der Waals surface area contributed by atoms with Gasteiger partial charge in [-0.2, -0.15) is 0 Å². The Bertz CT molecular complexity index is 1390. The first-order valence-electron chi connectivity index (χ1n) is 12.6. The summed E-state index contributed by atoms with van der Waals surface area (Å²) in [6.07, 6.45) is -0.783. The number of rotatable bonds is 2. The first-order chi connectivity index (χ1) is 17.6. The predicted octanol–water partition coefficient (Wildman–Crippen LogP) is 0.282. The van der Waals surface area contributed by atoms with E-state index in [0.717, 1.165) is 13.0 Å². The smallest absolute Gasteiger partial charge is 0.255 e. The maximum absolute atomic E-state index is 13.9. The molecular weight excluding hydrogens is 456 g/mol. The minimum atomic E-state index is -3.57. The number of carbonyl (C=O) groups is 3. The molecule has 3 aliphatic carbocycles. The number of phenols is 1. The molecule has 0 aromatic heterocycles. The lowest BCUT2D eigenvalue weighted by Gasteiger charge is -2.53. The summed E-state index contributed by atoms with van der Waals surface area (Å²) in [6, 6.07) is -0.214. The first-order valence-corrected chi connectivity index (χ1v) is 10.0. The number of ketones is 2. The number of nitrogens with zero attached hydrogens (tertiary/aromatic N) is 1. The van der Waals surface area contributed by atoms with Gasteiger partial charge in [-0.05, 0) is 39.4 Å². The Hall–Kier alpha value is -2.92. The summed E-state index contributed by atoms with van der Waals surface area (Å²) in [4.78, 5) is 39.3. The third-order valence-electron chi connectivity index (χ3n) is 6.79. The molecule has 10 nitrogen and oxygen atoms in total. The number of likely N-dealkylation sites (N-methyl/N-ethyl adjacent to an activating group) is 1. The molecule has 33 heavy (non-hydrogen) atoms. The second kappa shape index (κ2) is 7.04. The predicted molar refractivity (Wildman–Crippen MR) is 115 cm³/mol. The number of amides is 1. The van der Waals surface area contributed by atoms with Gasteiger partial charge in [-0.1, -0.05) is 11.6 Å². The Labute approximate surface area is 201 Å². The van der Waals surface area contributed by atoms with Crippen LogP contribution in [0.4, 0.5) is 0 Å². The van der Waals surface area contributed by atoms with Crippen LogP contribution in [-0.2, 0) is 20.0 Å². The number of aliphatic hydroxyl groups excluding tert-OH is 2. The third kappa shape index (κ3) is 2.75. The van der Waals surface area contributed by atoms with Gasteiger partial charge in [0.05, 0.1) is 17.2 Å². The van der Waals surface area contributed by atoms with Crippen molar-refractivity contribution < 1.29 is 48.1 Å². The fraction of sp³-hybridized carbons (Fsp3) is 0.409. The molecule has 5 atom stereocenters. The molecule has 0 saturated heterocycles. The molecule has 11 heteroatoms. The summed E-state index contributed by atoms with van der Waals surface area (Å²) in [5, 5.41) is 55.5. The van der Waals surface area contributed by atoms with Crippen LogP contribution in [0.25, 0.3) is 5.76 Å². The topological polar surface area (TPSA) is 182 Å². The summed E-state index contributed by atoms with van der Waals surface area (Å²) in [5.74, 6) is -11.7. The molecule has 0 spiro atoms. The molecule has 0 bridgehead atoms. The highest BCUT2D eigenvalue weighted by atomic mass is 35.5. The van der Waals surface area contributed by atoms with Crippen LogP contribution in [0.15, 0.2) is 29.0 Å². The molecule has 0 aliphatic heterocycles. The van der Waals surface area contributed by atoms with Gasteiger partial charge in [0.15, 0.2) is 11.4 Å². The molecule has 0 unspecified atom stereocenters. The number of carbonyl (C=O) groups excluding carboxylic acids is 3. The zero-order chi connectivity index (χ0) is 29.8. The van der Waals surface area contributed by atoms with E-state index in [-0.39, 0.29) is 15.5 Å². The highest BCUT2D eigenvalue weighted by Gasteiger charge is 2.66. The number of primary amides is 1. The Kier molecular flexibility index (Phi) is 3.55. The van der Waals surface area contributed by atoms with Crippen molar-refractivity contribution >= 4 is 34.8 Å². The van der Waals surface area contributed by atoms with Crippen molar-refractivity contribution in [3.05, 3.63) is 45.2 Å². The van der Waals surface area contributed by atoms with E-state index in [0.29, 0.717) is 0 Å². The molecule has 3 aliphatic rings. The lowest BCUT2D eigenvalue weighted by molar-refractivity contribution is -0.159. The molecule has 1 amide bonds. The highest BCUT2D eigenvalue weighted by molar-refractivity contribution is 6.32. The van der Waals surface area contributed by atoms with Gasteiger partial charge in [0.1, 0.15) is 22.8 Å². The monoisotopic (exact) mass is 484 g/mol. The minimum absolute atomic E-state index is 0.159. The average molecular weight is 485 g/mol. The SMILES string of the molecule is [2H]C([2H])([2H])N([C@@H]1C(=O)C(C(N)=O)=C(O)[C@@]2(O)C(=O)C3=C(O)c4c(O)ccc(Cl)c4[C@@](C)(O)[C@H]3C[C@@H]12)C([2H])([2H])[2H]. The van der Waals surface area contributed by atoms with Gasteiger partial charge in [-0.15, -0.1) is 0 Å². The van der Waals surface area contributed by atoms with E-state index >= 15 is 0 Å². The van der Waals surface area contributed by atoms with Crippen LogP contribution in [0.3, 0.4) is 0 Å². The van der Waals surface area contributed by atoms with E-state index in [1.54, 1.807) is 0 Å². The average Bonchev–Trinajstić information content (AvgIpc) is 2.76. The lowest BCUT2D eigenvalue weighted by atomic mass is 9.54. The molecule has 1 fully saturated rings. The quantitative estimate of drug-likeness (QED) is 0.321. The van der Waals surface area contributed by atoms with Crippen LogP contribution in [-0.4, -0.2) is 73.5 Å². The summed E-state index contributed by atoms with van der Waals surface area (Å²) >= 11 is 6.25. The van der Waals surface area contributed by atoms with Crippen LogP contribution in [0.2, 0.25) is 5.02 Å². The number of hydrogen-bond acceptors (Lipinski definition) is 9. The van der Waals surface area contributed by atoms with Crippen molar-refractivity contribution in [3.63, 3.8) is 0 Å². The zero-order valence-corrected chi connectivity index (χ0v) is 17.7. The number of aliphatic hydroxyl groups is 4. The maximum atomic E-state index is 13.9. The number of phenolic OH excluding ortho intramolecular Hbond substituents is 1. The molecule has 1 saturated carbocycles. The summed E-state index contributed by atoms with van der Waals surface area (Å²) in [5.41, 5.74) is -3.24. The molecule has 0 radical (unpaired) electrons. The van der Waals surface area contributed by atoms with Crippen LogP contribution in [0, 0.1) is 11.8 Å². The van der Waals surface area contributed by atoms with Crippen LogP contribution < -0.4 is 5.73 Å². The Morgan fingerprint density at radius 3 is 2.45 bits per heavy atom. The minimum Gasteiger partial charge on any atom is -0.508 e. The van der Waals surface area contributed by atoms with Crippen molar-refractivity contribution in [2.24, 2.45) is 17.6 Å². The first kappa shape index (κ1) is 16.7. The second-order valence-corrected chi connectivity index (χ2v) is 8.89. The Morgan fingerprint density at radius 2 is 1.88 bits per heavy atom. The normalized spacial score (nSPS) is 37.2. The maximum Gasteiger partial charge on any atom is 0.255 e. The van der Waals surface area contributed by atoms with Gasteiger partial charge in [0, 0.05) is 36.2 Å². The largest absolute Gasteiger partial charge is 0.508 e. The van der Waals surface area contributed by atoms with Crippen molar-refractivity contribution in [2.75, 3.05) is 14.0 Å². The van der Waals surface area contributed by atoms with E-state index in [1.807, 2.05) is 0 Å². The van der Waals surface area contributed by atoms with Crippen molar-refractivity contribution in [2.45, 2.75) is 30.6 Å². The van der Waals surface area contributed by atoms with Crippen molar-refractivity contribution in [1.29, 1.82) is 0 Å². The zero-order valence-electron chi connectivity index (χ0n) is 23.0. The van der Waals surface area contributed by atoms with E-state index in [1.165, 1.54) is 6.07 Å². The fourth-order valence-electron chi connectivity index (χ4n) is 5.28. The standard InChI is InChI=1S/C22H23ClN2O8/c1-21(32)7-6-8-15(25(2)3)17(28)13(20(24)31)19(30)22(8,33)18(29)11(7)16(27)12-10(26)5-4-9(23)14(12)21/h4-5,7-8,15,26-27,30,32-33H,6H2,1-3H3,(H2,24,31)/t7-,8-,15-,21-,22-/m0/s1/i2D3,3D3. The van der Waals surface area contributed by atoms with Crippen LogP contribution >= 0.6 is 11.6 Å². The fourth-order valence-corrected chi connectivity index (χ4v) is 5.63. The number of benzene rings is 1. The van der Waals surface area contributed by atoms with Crippen LogP contribution in [0.5, 0.6) is 5.75 Å². The molecule has 1 aromatic rings. The van der Waals surface area contributed by atoms with Gasteiger partial charge in [0.25, 0.3) is 5.91 Å². The van der Waals surface area contributed by atoms with Crippen LogP contribution in [0.1, 0.15) is 32.7 Å². The number of nitrogens with two attached hydrogens (primary N) is 1. The molecule has 0 heterocycles. The highest BCUT2D eigenvalue weighted by Crippen LogP contribution is 2.58. The number of fused-ring (bicyclic) bond motifs is 3. The van der Waals surface area contributed by atoms with Gasteiger partial charge < -0.3 is 31.3 Å². The van der Waals surface area contributed by atoms with Crippen molar-refractivity contribution in [3.8, 4) is 5.75 Å². The van der Waals surface area contributed by atoms with E-state index in [4.69, 9.17) is 25.6 Å². The molecular formula is C22H23ClN2O8. The van der Waals surface area contributed by atoms with Crippen molar-refractivity contribution in [1.82, 2.24) is 4.90 Å². The summed E-state index contributed by atoms with van der Waals surface area (Å²) < 4.78 is 46.8. The van der Waals surface area contributed by atoms with E-state index in [2.05, 4.69) is 0 Å².